The van der Waals surface area contributed by atoms with Crippen LogP contribution in [0.3, 0.4) is 0 Å². The van der Waals surface area contributed by atoms with Gasteiger partial charge in [0.2, 0.25) is 0 Å². The van der Waals surface area contributed by atoms with Gasteiger partial charge < -0.3 is 0 Å². The summed E-state index contributed by atoms with van der Waals surface area (Å²) in [7, 11) is 0. The molecule has 1 atom stereocenters. The number of aromatic nitrogens is 1. The van der Waals surface area contributed by atoms with Crippen LogP contribution < -0.4 is 11.3 Å². The molecule has 3 N–H and O–H groups in total. The van der Waals surface area contributed by atoms with Gasteiger partial charge in [0.05, 0.1) is 11.6 Å². The maximum atomic E-state index is 5.73. The van der Waals surface area contributed by atoms with Crippen LogP contribution in [0.1, 0.15) is 37.1 Å². The predicted molar refractivity (Wildman–Crippen MR) is 73.9 cm³/mol. The van der Waals surface area contributed by atoms with Gasteiger partial charge in [-0.15, -0.1) is 0 Å². The molecular weight excluding hydrogens is 222 g/mol. The molecule has 94 valence electrons. The van der Waals surface area contributed by atoms with Crippen LogP contribution in [-0.2, 0) is 0 Å². The first-order valence-electron chi connectivity index (χ1n) is 6.46. The van der Waals surface area contributed by atoms with Crippen molar-refractivity contribution in [3.63, 3.8) is 0 Å². The Morgan fingerprint density at radius 3 is 2.72 bits per heavy atom. The Balaban J connectivity index is 2.04. The van der Waals surface area contributed by atoms with Crippen molar-refractivity contribution in [1.82, 2.24) is 10.4 Å². The fourth-order valence-corrected chi connectivity index (χ4v) is 2.61. The van der Waals surface area contributed by atoms with Crippen LogP contribution in [0.5, 0.6) is 0 Å². The maximum Gasteiger partial charge on any atom is 0.0705 e. The van der Waals surface area contributed by atoms with Crippen LogP contribution in [0.4, 0.5) is 0 Å². The zero-order valence-electron chi connectivity index (χ0n) is 10.9. The lowest BCUT2D eigenvalue weighted by Crippen LogP contribution is -2.33. The molecule has 1 unspecified atom stereocenters. The summed E-state index contributed by atoms with van der Waals surface area (Å²) in [6, 6.07) is 10.9. The molecule has 18 heavy (non-hydrogen) atoms. The number of hydrazine groups is 1. The molecule has 0 bridgehead atoms. The topological polar surface area (TPSA) is 50.9 Å². The monoisotopic (exact) mass is 241 g/mol. The van der Waals surface area contributed by atoms with E-state index in [1.54, 1.807) is 0 Å². The van der Waals surface area contributed by atoms with E-state index in [1.165, 1.54) is 23.8 Å². The molecule has 1 saturated carbocycles. The van der Waals surface area contributed by atoms with Gasteiger partial charge in [0.25, 0.3) is 0 Å². The number of fused-ring (bicyclic) bond motifs is 1. The van der Waals surface area contributed by atoms with Gasteiger partial charge in [0.1, 0.15) is 0 Å². The number of aryl methyl sites for hydroxylation is 1. The molecule has 0 amide bonds. The zero-order valence-corrected chi connectivity index (χ0v) is 10.9. The highest BCUT2D eigenvalue weighted by Crippen LogP contribution is 2.54. The smallest absolute Gasteiger partial charge is 0.0705 e. The second kappa shape index (κ2) is 4.04. The summed E-state index contributed by atoms with van der Waals surface area (Å²) < 4.78 is 0. The van der Waals surface area contributed by atoms with E-state index in [4.69, 9.17) is 5.84 Å². The minimum absolute atomic E-state index is 0.239. The van der Waals surface area contributed by atoms with Gasteiger partial charge in [0.15, 0.2) is 0 Å². The van der Waals surface area contributed by atoms with Gasteiger partial charge in [-0.25, -0.2) is 0 Å². The normalized spacial score (nSPS) is 18.8. The quantitative estimate of drug-likeness (QED) is 0.641. The van der Waals surface area contributed by atoms with Crippen molar-refractivity contribution in [1.29, 1.82) is 0 Å². The number of benzene rings is 1. The Hall–Kier alpha value is -1.45. The lowest BCUT2D eigenvalue weighted by Gasteiger charge is -2.23. The Bertz CT molecular complexity index is 587. The number of hydrogen-bond acceptors (Lipinski definition) is 3. The van der Waals surface area contributed by atoms with Gasteiger partial charge in [-0.05, 0) is 48.9 Å². The summed E-state index contributed by atoms with van der Waals surface area (Å²) in [5.41, 5.74) is 6.66. The Kier molecular flexibility index (Phi) is 2.61. The van der Waals surface area contributed by atoms with E-state index in [1.807, 2.05) is 6.92 Å². The van der Waals surface area contributed by atoms with Crippen LogP contribution in [0.15, 0.2) is 30.3 Å². The predicted octanol–water partition coefficient (Wildman–Crippen LogP) is 2.85. The van der Waals surface area contributed by atoms with Crippen molar-refractivity contribution in [2.75, 3.05) is 0 Å². The highest BCUT2D eigenvalue weighted by molar-refractivity contribution is 5.79. The summed E-state index contributed by atoms with van der Waals surface area (Å²) in [4.78, 5) is 4.53. The van der Waals surface area contributed by atoms with Crippen molar-refractivity contribution < 1.29 is 0 Å². The first-order valence-corrected chi connectivity index (χ1v) is 6.46. The van der Waals surface area contributed by atoms with Crippen LogP contribution >= 0.6 is 0 Å². The fraction of sp³-hybridized carbons (Fsp3) is 0.400. The first-order chi connectivity index (χ1) is 8.62. The van der Waals surface area contributed by atoms with E-state index in [-0.39, 0.29) is 6.04 Å². The zero-order chi connectivity index (χ0) is 12.8. The molecule has 1 aliphatic rings. The van der Waals surface area contributed by atoms with E-state index in [0.29, 0.717) is 5.41 Å². The summed E-state index contributed by atoms with van der Waals surface area (Å²) in [6.07, 6.45) is 2.48. The minimum Gasteiger partial charge on any atom is -0.271 e. The lowest BCUT2D eigenvalue weighted by molar-refractivity contribution is 0.372. The van der Waals surface area contributed by atoms with Gasteiger partial charge in [0, 0.05) is 11.1 Å². The molecule has 2 aromatic rings. The second-order valence-electron chi connectivity index (χ2n) is 5.66. The molecule has 3 heteroatoms. The van der Waals surface area contributed by atoms with Crippen LogP contribution in [0, 0.1) is 12.3 Å². The van der Waals surface area contributed by atoms with E-state index < -0.39 is 0 Å². The average molecular weight is 241 g/mol. The Labute approximate surface area is 107 Å². The van der Waals surface area contributed by atoms with Gasteiger partial charge in [-0.3, -0.25) is 16.3 Å². The Morgan fingerprint density at radius 2 is 2.06 bits per heavy atom. The number of rotatable bonds is 3. The standard InChI is InChI=1S/C15H19N3/c1-10-3-4-11-9-12(5-6-13(11)17-10)14(18-16)15(2)7-8-15/h3-6,9,14,18H,7-8,16H2,1-2H3. The average Bonchev–Trinajstić information content (AvgIpc) is 3.09. The third-order valence-corrected chi connectivity index (χ3v) is 4.09. The van der Waals surface area contributed by atoms with E-state index >= 15 is 0 Å². The molecule has 1 aromatic heterocycles. The largest absolute Gasteiger partial charge is 0.271 e. The summed E-state index contributed by atoms with van der Waals surface area (Å²) in [5, 5.41) is 1.18. The van der Waals surface area contributed by atoms with Gasteiger partial charge in [-0.1, -0.05) is 19.1 Å². The third-order valence-electron chi connectivity index (χ3n) is 4.09. The fourth-order valence-electron chi connectivity index (χ4n) is 2.61. The maximum absolute atomic E-state index is 5.73. The van der Waals surface area contributed by atoms with Gasteiger partial charge >= 0.3 is 0 Å². The van der Waals surface area contributed by atoms with E-state index in [0.717, 1.165) is 11.2 Å². The molecule has 3 nitrogen and oxygen atoms in total. The molecule has 0 spiro atoms. The molecule has 1 aliphatic carbocycles. The van der Waals surface area contributed by atoms with Crippen LogP contribution in [0.25, 0.3) is 10.9 Å². The van der Waals surface area contributed by atoms with Crippen molar-refractivity contribution in [2.45, 2.75) is 32.7 Å². The third kappa shape index (κ3) is 1.89. The molecule has 3 rings (SSSR count). The first kappa shape index (κ1) is 11.6. The minimum atomic E-state index is 0.239. The summed E-state index contributed by atoms with van der Waals surface area (Å²) in [5.74, 6) is 5.73. The number of nitrogens with zero attached hydrogens (tertiary/aromatic N) is 1. The van der Waals surface area contributed by atoms with Crippen molar-refractivity contribution in [3.05, 3.63) is 41.6 Å². The highest BCUT2D eigenvalue weighted by atomic mass is 15.2. The van der Waals surface area contributed by atoms with Crippen molar-refractivity contribution in [3.8, 4) is 0 Å². The molecule has 0 aliphatic heterocycles. The summed E-state index contributed by atoms with van der Waals surface area (Å²) >= 11 is 0. The molecule has 1 aromatic carbocycles. The van der Waals surface area contributed by atoms with E-state index in [2.05, 4.69) is 47.7 Å². The molecule has 0 saturated heterocycles. The van der Waals surface area contributed by atoms with Crippen molar-refractivity contribution >= 4 is 10.9 Å². The number of nitrogens with two attached hydrogens (primary N) is 1. The molecule has 1 fully saturated rings. The van der Waals surface area contributed by atoms with E-state index in [9.17, 15) is 0 Å². The highest BCUT2D eigenvalue weighted by Gasteiger charge is 2.45. The SMILES string of the molecule is Cc1ccc2cc(C(NN)C3(C)CC3)ccc2n1. The summed E-state index contributed by atoms with van der Waals surface area (Å²) in [6.45, 7) is 4.30. The number of hydrogen-bond donors (Lipinski definition) is 2. The lowest BCUT2D eigenvalue weighted by atomic mass is 9.91. The second-order valence-corrected chi connectivity index (χ2v) is 5.66. The van der Waals surface area contributed by atoms with Crippen LogP contribution in [-0.4, -0.2) is 4.98 Å². The number of nitrogens with one attached hydrogen (secondary N) is 1. The number of pyridine rings is 1. The van der Waals surface area contributed by atoms with Crippen molar-refractivity contribution in [2.24, 2.45) is 11.3 Å². The van der Waals surface area contributed by atoms with Crippen LogP contribution in [0.2, 0.25) is 0 Å². The van der Waals surface area contributed by atoms with Gasteiger partial charge in [-0.2, -0.15) is 0 Å². The molecule has 1 heterocycles. The molecular formula is C15H19N3. The Morgan fingerprint density at radius 1 is 1.28 bits per heavy atom. The molecule has 0 radical (unpaired) electrons.